The Morgan fingerprint density at radius 3 is 2.86 bits per heavy atom. The van der Waals surface area contributed by atoms with Gasteiger partial charge in [-0.05, 0) is 42.0 Å². The monoisotopic (exact) mass is 284 g/mol. The highest BCUT2D eigenvalue weighted by Crippen LogP contribution is 2.31. The molecule has 3 nitrogen and oxygen atoms in total. The molecule has 0 saturated heterocycles. The average Bonchev–Trinajstić information content (AvgIpc) is 2.50. The van der Waals surface area contributed by atoms with Crippen LogP contribution in [0, 0.1) is 5.82 Å². The minimum atomic E-state index is -0.337. The molecule has 2 aromatic rings. The van der Waals surface area contributed by atoms with E-state index in [0.717, 1.165) is 0 Å². The molecule has 0 amide bonds. The first-order chi connectivity index (χ1) is 10.2. The summed E-state index contributed by atoms with van der Waals surface area (Å²) in [5, 5.41) is 0. The predicted octanol–water partition coefficient (Wildman–Crippen LogP) is 3.49. The lowest BCUT2D eigenvalue weighted by molar-refractivity contribution is 0.100. The van der Waals surface area contributed by atoms with Crippen molar-refractivity contribution in [2.75, 3.05) is 13.7 Å². The summed E-state index contributed by atoms with van der Waals surface area (Å²) in [4.78, 5) is 12.5. The Hall–Kier alpha value is -2.62. The number of methoxy groups -OCH3 is 1. The Kier molecular flexibility index (Phi) is 3.44. The average molecular weight is 284 g/mol. The minimum Gasteiger partial charge on any atom is -0.497 e. The van der Waals surface area contributed by atoms with Gasteiger partial charge in [0.05, 0.1) is 12.7 Å². The molecule has 0 aromatic heterocycles. The summed E-state index contributed by atoms with van der Waals surface area (Å²) >= 11 is 0. The predicted molar refractivity (Wildman–Crippen MR) is 77.2 cm³/mol. The van der Waals surface area contributed by atoms with Gasteiger partial charge in [-0.2, -0.15) is 0 Å². The van der Waals surface area contributed by atoms with Crippen molar-refractivity contribution in [3.63, 3.8) is 0 Å². The van der Waals surface area contributed by atoms with Gasteiger partial charge in [0.2, 0.25) is 0 Å². The molecule has 2 aromatic carbocycles. The molecule has 0 bridgehead atoms. The summed E-state index contributed by atoms with van der Waals surface area (Å²) in [6.07, 6.45) is 1.65. The van der Waals surface area contributed by atoms with Gasteiger partial charge in [-0.1, -0.05) is 12.1 Å². The number of hydrogen-bond donors (Lipinski definition) is 0. The van der Waals surface area contributed by atoms with Crippen molar-refractivity contribution in [3.05, 3.63) is 65.0 Å². The maximum absolute atomic E-state index is 13.2. The number of hydrogen-bond acceptors (Lipinski definition) is 3. The van der Waals surface area contributed by atoms with Gasteiger partial charge >= 0.3 is 0 Å². The van der Waals surface area contributed by atoms with Crippen LogP contribution in [0.5, 0.6) is 11.5 Å². The molecule has 0 spiro atoms. The van der Waals surface area contributed by atoms with E-state index in [1.165, 1.54) is 12.1 Å². The van der Waals surface area contributed by atoms with E-state index in [1.807, 2.05) is 0 Å². The third-order valence-electron chi connectivity index (χ3n) is 3.30. The van der Waals surface area contributed by atoms with E-state index in [-0.39, 0.29) is 18.2 Å². The van der Waals surface area contributed by atoms with Gasteiger partial charge in [-0.25, -0.2) is 4.39 Å². The third-order valence-corrected chi connectivity index (χ3v) is 3.30. The number of halogens is 1. The van der Waals surface area contributed by atoms with Gasteiger partial charge < -0.3 is 9.47 Å². The molecule has 106 valence electrons. The fourth-order valence-corrected chi connectivity index (χ4v) is 2.24. The van der Waals surface area contributed by atoms with Crippen LogP contribution in [0.25, 0.3) is 6.08 Å². The summed E-state index contributed by atoms with van der Waals surface area (Å²) in [7, 11) is 1.54. The van der Waals surface area contributed by atoms with Crippen molar-refractivity contribution in [2.45, 2.75) is 0 Å². The van der Waals surface area contributed by atoms with Gasteiger partial charge in [0, 0.05) is 5.57 Å². The minimum absolute atomic E-state index is 0.126. The molecule has 0 atom stereocenters. The molecule has 1 aliphatic heterocycles. The molecule has 21 heavy (non-hydrogen) atoms. The molecule has 0 fully saturated rings. The largest absolute Gasteiger partial charge is 0.497 e. The number of carbonyl (C=O) groups excluding carboxylic acids is 1. The van der Waals surface area contributed by atoms with Crippen molar-refractivity contribution < 1.29 is 18.7 Å². The number of ether oxygens (including phenoxy) is 2. The first-order valence-electron chi connectivity index (χ1n) is 6.49. The van der Waals surface area contributed by atoms with Crippen LogP contribution in [0.15, 0.2) is 48.0 Å². The fourth-order valence-electron chi connectivity index (χ4n) is 2.24. The van der Waals surface area contributed by atoms with Crippen molar-refractivity contribution >= 4 is 11.9 Å². The second-order valence-electron chi connectivity index (χ2n) is 4.70. The highest BCUT2D eigenvalue weighted by molar-refractivity contribution is 6.14. The SMILES string of the molecule is COc1ccc2c(c1)C(=O)/C(=C/c1cccc(F)c1)CO2. The van der Waals surface area contributed by atoms with Crippen LogP contribution in [0.1, 0.15) is 15.9 Å². The number of fused-ring (bicyclic) bond motifs is 1. The normalized spacial score (nSPS) is 15.5. The summed E-state index contributed by atoms with van der Waals surface area (Å²) in [5.74, 6) is 0.671. The van der Waals surface area contributed by atoms with E-state index in [0.29, 0.717) is 28.2 Å². The molecule has 0 N–H and O–H groups in total. The third kappa shape index (κ3) is 2.65. The summed E-state index contributed by atoms with van der Waals surface area (Å²) in [6.45, 7) is 0.175. The number of rotatable bonds is 2. The van der Waals surface area contributed by atoms with Gasteiger partial charge in [0.25, 0.3) is 0 Å². The van der Waals surface area contributed by atoms with Crippen LogP contribution < -0.4 is 9.47 Å². The molecule has 0 aliphatic carbocycles. The number of Topliss-reactive ketones (excluding diaryl/α,β-unsaturated/α-hetero) is 1. The van der Waals surface area contributed by atoms with Crippen LogP contribution in [0.3, 0.4) is 0 Å². The lowest BCUT2D eigenvalue weighted by Gasteiger charge is -2.19. The Balaban J connectivity index is 1.98. The lowest BCUT2D eigenvalue weighted by Crippen LogP contribution is -2.19. The number of ketones is 1. The van der Waals surface area contributed by atoms with Gasteiger partial charge in [-0.3, -0.25) is 4.79 Å². The van der Waals surface area contributed by atoms with E-state index in [1.54, 1.807) is 43.5 Å². The molecular weight excluding hydrogens is 271 g/mol. The zero-order valence-corrected chi connectivity index (χ0v) is 11.4. The first-order valence-corrected chi connectivity index (χ1v) is 6.49. The second-order valence-corrected chi connectivity index (χ2v) is 4.70. The standard InChI is InChI=1S/C17H13FO3/c1-20-14-5-6-16-15(9-14)17(19)12(10-21-16)7-11-3-2-4-13(18)8-11/h2-9H,10H2,1H3/b12-7+. The van der Waals surface area contributed by atoms with Crippen LogP contribution in [-0.2, 0) is 0 Å². The number of benzene rings is 2. The summed E-state index contributed by atoms with van der Waals surface area (Å²) in [6, 6.07) is 11.2. The molecule has 3 rings (SSSR count). The van der Waals surface area contributed by atoms with Crippen molar-refractivity contribution in [1.29, 1.82) is 0 Å². The molecule has 0 saturated carbocycles. The lowest BCUT2D eigenvalue weighted by atomic mass is 9.98. The highest BCUT2D eigenvalue weighted by atomic mass is 19.1. The van der Waals surface area contributed by atoms with Gasteiger partial charge in [-0.15, -0.1) is 0 Å². The van der Waals surface area contributed by atoms with Crippen LogP contribution in [0.2, 0.25) is 0 Å². The van der Waals surface area contributed by atoms with E-state index in [4.69, 9.17) is 9.47 Å². The van der Waals surface area contributed by atoms with Crippen LogP contribution >= 0.6 is 0 Å². The molecule has 4 heteroatoms. The molecule has 0 radical (unpaired) electrons. The fraction of sp³-hybridized carbons (Fsp3) is 0.118. The maximum atomic E-state index is 13.2. The zero-order chi connectivity index (χ0) is 14.8. The first kappa shape index (κ1) is 13.4. The second kappa shape index (κ2) is 5.40. The van der Waals surface area contributed by atoms with Crippen LogP contribution in [-0.4, -0.2) is 19.5 Å². The molecule has 1 heterocycles. The molecule has 0 unspecified atom stereocenters. The topological polar surface area (TPSA) is 35.5 Å². The summed E-state index contributed by atoms with van der Waals surface area (Å²) < 4.78 is 23.9. The van der Waals surface area contributed by atoms with Gasteiger partial charge in [0.15, 0.2) is 5.78 Å². The van der Waals surface area contributed by atoms with E-state index in [9.17, 15) is 9.18 Å². The Morgan fingerprint density at radius 1 is 1.24 bits per heavy atom. The van der Waals surface area contributed by atoms with E-state index >= 15 is 0 Å². The number of carbonyl (C=O) groups is 1. The molecule has 1 aliphatic rings. The van der Waals surface area contributed by atoms with Crippen molar-refractivity contribution in [1.82, 2.24) is 0 Å². The molecular formula is C17H13FO3. The highest BCUT2D eigenvalue weighted by Gasteiger charge is 2.23. The van der Waals surface area contributed by atoms with Gasteiger partial charge in [0.1, 0.15) is 23.9 Å². The van der Waals surface area contributed by atoms with Crippen LogP contribution in [0.4, 0.5) is 4.39 Å². The zero-order valence-electron chi connectivity index (χ0n) is 11.4. The van der Waals surface area contributed by atoms with E-state index in [2.05, 4.69) is 0 Å². The van der Waals surface area contributed by atoms with E-state index < -0.39 is 0 Å². The quantitative estimate of drug-likeness (QED) is 0.792. The Bertz CT molecular complexity index is 735. The Labute approximate surface area is 121 Å². The summed E-state index contributed by atoms with van der Waals surface area (Å²) in [5.41, 5.74) is 1.58. The van der Waals surface area contributed by atoms with Crippen molar-refractivity contribution in [3.8, 4) is 11.5 Å². The Morgan fingerprint density at radius 2 is 2.10 bits per heavy atom. The van der Waals surface area contributed by atoms with Crippen molar-refractivity contribution in [2.24, 2.45) is 0 Å². The maximum Gasteiger partial charge on any atom is 0.196 e. The smallest absolute Gasteiger partial charge is 0.196 e.